The maximum Gasteiger partial charge on any atom is 0.211 e. The summed E-state index contributed by atoms with van der Waals surface area (Å²) < 4.78 is 24.7. The maximum atomic E-state index is 11.5. The van der Waals surface area contributed by atoms with Crippen LogP contribution in [0.1, 0.15) is 23.1 Å². The van der Waals surface area contributed by atoms with Crippen LogP contribution in [0, 0.1) is 19.8 Å². The zero-order chi connectivity index (χ0) is 15.6. The molecule has 0 N–H and O–H groups in total. The van der Waals surface area contributed by atoms with Crippen molar-refractivity contribution in [2.45, 2.75) is 26.8 Å². The molecule has 2 rings (SSSR count). The zero-order valence-corrected chi connectivity index (χ0v) is 14.3. The molecule has 1 saturated heterocycles. The minimum Gasteiger partial charge on any atom is -0.302 e. The smallest absolute Gasteiger partial charge is 0.211 e. The molecule has 1 aliphatic heterocycles. The molecule has 0 aromatic heterocycles. The Hall–Kier alpha value is -0.910. The van der Waals surface area contributed by atoms with E-state index in [-0.39, 0.29) is 0 Å². The minimum atomic E-state index is -3.03. The lowest BCUT2D eigenvalue weighted by atomic mass is 10.1. The van der Waals surface area contributed by atoms with Gasteiger partial charge in [0.1, 0.15) is 0 Å². The maximum absolute atomic E-state index is 11.5. The first-order valence-corrected chi connectivity index (χ1v) is 9.29. The predicted octanol–water partition coefficient (Wildman–Crippen LogP) is 2.02. The van der Waals surface area contributed by atoms with E-state index in [1.807, 2.05) is 0 Å². The average molecular weight is 310 g/mol. The van der Waals surface area contributed by atoms with Gasteiger partial charge in [-0.25, -0.2) is 12.7 Å². The van der Waals surface area contributed by atoms with Gasteiger partial charge in [-0.05, 0) is 38.8 Å². The fourth-order valence-electron chi connectivity index (χ4n) is 3.22. The summed E-state index contributed by atoms with van der Waals surface area (Å²) in [5.74, 6) is 0.440. The first kappa shape index (κ1) is 16.5. The van der Waals surface area contributed by atoms with Gasteiger partial charge in [0.25, 0.3) is 0 Å². The molecule has 1 aromatic carbocycles. The number of sulfonamides is 1. The molecule has 5 heteroatoms. The molecule has 4 nitrogen and oxygen atoms in total. The van der Waals surface area contributed by atoms with E-state index in [9.17, 15) is 8.42 Å². The van der Waals surface area contributed by atoms with E-state index in [0.717, 1.165) is 19.5 Å². The van der Waals surface area contributed by atoms with Crippen LogP contribution in [0.2, 0.25) is 0 Å². The van der Waals surface area contributed by atoms with E-state index in [4.69, 9.17) is 0 Å². The van der Waals surface area contributed by atoms with Crippen molar-refractivity contribution >= 4 is 10.0 Å². The van der Waals surface area contributed by atoms with Crippen LogP contribution in [0.5, 0.6) is 0 Å². The Bertz CT molecular complexity index is 578. The normalized spacial score (nSPS) is 20.3. The van der Waals surface area contributed by atoms with Crippen molar-refractivity contribution in [1.82, 2.24) is 9.21 Å². The predicted molar refractivity (Wildman–Crippen MR) is 86.8 cm³/mol. The summed E-state index contributed by atoms with van der Waals surface area (Å²) in [6, 6.07) is 6.63. The van der Waals surface area contributed by atoms with E-state index in [2.05, 4.69) is 44.0 Å². The molecule has 0 bridgehead atoms. The Labute approximate surface area is 128 Å². The van der Waals surface area contributed by atoms with E-state index in [1.165, 1.54) is 22.9 Å². The van der Waals surface area contributed by atoms with Gasteiger partial charge >= 0.3 is 0 Å². The van der Waals surface area contributed by atoms with E-state index < -0.39 is 10.0 Å². The SMILES string of the molecule is Cc1cc(C)cc(CN(C)C[C@H]2CCN(S(C)(=O)=O)C2)c1. The second kappa shape index (κ2) is 6.46. The van der Waals surface area contributed by atoms with Crippen LogP contribution in [-0.4, -0.2) is 50.6 Å². The highest BCUT2D eigenvalue weighted by Crippen LogP contribution is 2.20. The third kappa shape index (κ3) is 4.80. The van der Waals surface area contributed by atoms with Crippen molar-refractivity contribution in [3.05, 3.63) is 34.9 Å². The Morgan fingerprint density at radius 2 is 1.86 bits per heavy atom. The largest absolute Gasteiger partial charge is 0.302 e. The lowest BCUT2D eigenvalue weighted by Gasteiger charge is -2.21. The summed E-state index contributed by atoms with van der Waals surface area (Å²) >= 11 is 0. The third-order valence-electron chi connectivity index (χ3n) is 4.02. The van der Waals surface area contributed by atoms with E-state index >= 15 is 0 Å². The van der Waals surface area contributed by atoms with Crippen molar-refractivity contribution in [3.63, 3.8) is 0 Å². The Morgan fingerprint density at radius 3 is 2.38 bits per heavy atom. The molecule has 1 aliphatic rings. The number of benzene rings is 1. The van der Waals surface area contributed by atoms with Crippen LogP contribution in [0.25, 0.3) is 0 Å². The van der Waals surface area contributed by atoms with Crippen molar-refractivity contribution in [2.75, 3.05) is 32.9 Å². The fraction of sp³-hybridized carbons (Fsp3) is 0.625. The Kier molecular flexibility index (Phi) is 5.07. The molecule has 0 amide bonds. The van der Waals surface area contributed by atoms with Gasteiger partial charge in [-0.2, -0.15) is 0 Å². The quantitative estimate of drug-likeness (QED) is 0.835. The van der Waals surface area contributed by atoms with E-state index in [1.54, 1.807) is 4.31 Å². The van der Waals surface area contributed by atoms with Gasteiger partial charge in [-0.1, -0.05) is 29.3 Å². The Morgan fingerprint density at radius 1 is 1.24 bits per heavy atom. The van der Waals surface area contributed by atoms with Gasteiger partial charge in [0.05, 0.1) is 6.26 Å². The van der Waals surface area contributed by atoms with Crippen molar-refractivity contribution < 1.29 is 8.42 Å². The van der Waals surface area contributed by atoms with Gasteiger partial charge in [0, 0.05) is 26.2 Å². The molecule has 118 valence electrons. The molecule has 21 heavy (non-hydrogen) atoms. The van der Waals surface area contributed by atoms with Gasteiger partial charge in [0.2, 0.25) is 10.0 Å². The third-order valence-corrected chi connectivity index (χ3v) is 5.29. The summed E-state index contributed by atoms with van der Waals surface area (Å²) in [4.78, 5) is 2.30. The van der Waals surface area contributed by atoms with Gasteiger partial charge < -0.3 is 4.90 Å². The fourth-order valence-corrected chi connectivity index (χ4v) is 4.14. The van der Waals surface area contributed by atoms with Crippen LogP contribution in [0.4, 0.5) is 0 Å². The topological polar surface area (TPSA) is 40.6 Å². The molecule has 0 unspecified atom stereocenters. The number of nitrogens with zero attached hydrogens (tertiary/aromatic N) is 2. The molecule has 0 spiro atoms. The van der Waals surface area contributed by atoms with Gasteiger partial charge in [-0.3, -0.25) is 0 Å². The summed E-state index contributed by atoms with van der Waals surface area (Å²) in [5, 5.41) is 0. The summed E-state index contributed by atoms with van der Waals surface area (Å²) in [6.45, 7) is 7.43. The lowest BCUT2D eigenvalue weighted by molar-refractivity contribution is 0.273. The second-order valence-corrected chi connectivity index (χ2v) is 8.45. The monoisotopic (exact) mass is 310 g/mol. The van der Waals surface area contributed by atoms with E-state index in [0.29, 0.717) is 19.0 Å². The standard InChI is InChI=1S/C16H26N2O2S/c1-13-7-14(2)9-16(8-13)11-17(3)10-15-5-6-18(12-15)21(4,19)20/h7-9,15H,5-6,10-12H2,1-4H3/t15-/m1/s1. The molecular weight excluding hydrogens is 284 g/mol. The highest BCUT2D eigenvalue weighted by atomic mass is 32.2. The number of hydrogen-bond acceptors (Lipinski definition) is 3. The molecule has 0 aliphatic carbocycles. The number of hydrogen-bond donors (Lipinski definition) is 0. The molecule has 0 radical (unpaired) electrons. The van der Waals surface area contributed by atoms with Crippen LogP contribution >= 0.6 is 0 Å². The van der Waals surface area contributed by atoms with Crippen LogP contribution in [-0.2, 0) is 16.6 Å². The first-order chi connectivity index (χ1) is 9.74. The zero-order valence-electron chi connectivity index (χ0n) is 13.5. The van der Waals surface area contributed by atoms with Crippen LogP contribution in [0.15, 0.2) is 18.2 Å². The van der Waals surface area contributed by atoms with Crippen LogP contribution < -0.4 is 0 Å². The number of rotatable bonds is 5. The molecule has 1 aromatic rings. The summed E-state index contributed by atoms with van der Waals surface area (Å²) in [6.07, 6.45) is 2.26. The molecular formula is C16H26N2O2S. The lowest BCUT2D eigenvalue weighted by Crippen LogP contribution is -2.30. The molecule has 0 saturated carbocycles. The van der Waals surface area contributed by atoms with Crippen molar-refractivity contribution in [1.29, 1.82) is 0 Å². The second-order valence-electron chi connectivity index (χ2n) is 6.47. The van der Waals surface area contributed by atoms with Crippen molar-refractivity contribution in [2.24, 2.45) is 5.92 Å². The highest BCUT2D eigenvalue weighted by molar-refractivity contribution is 7.88. The molecule has 1 fully saturated rings. The first-order valence-electron chi connectivity index (χ1n) is 7.45. The number of aryl methyl sites for hydroxylation is 2. The van der Waals surface area contributed by atoms with Crippen LogP contribution in [0.3, 0.4) is 0 Å². The minimum absolute atomic E-state index is 0.440. The highest BCUT2D eigenvalue weighted by Gasteiger charge is 2.28. The molecule has 1 atom stereocenters. The van der Waals surface area contributed by atoms with Gasteiger partial charge in [0.15, 0.2) is 0 Å². The molecule has 1 heterocycles. The van der Waals surface area contributed by atoms with Gasteiger partial charge in [-0.15, -0.1) is 0 Å². The summed E-state index contributed by atoms with van der Waals surface area (Å²) in [5.41, 5.74) is 3.91. The Balaban J connectivity index is 1.89. The average Bonchev–Trinajstić information content (AvgIpc) is 2.75. The van der Waals surface area contributed by atoms with Crippen molar-refractivity contribution in [3.8, 4) is 0 Å². The summed E-state index contributed by atoms with van der Waals surface area (Å²) in [7, 11) is -0.915.